The molecule has 0 N–H and O–H groups in total. The van der Waals surface area contributed by atoms with Gasteiger partial charge in [0.05, 0.1) is 6.33 Å². The highest BCUT2D eigenvalue weighted by Crippen LogP contribution is 2.19. The highest BCUT2D eigenvalue weighted by molar-refractivity contribution is 5.83. The van der Waals surface area contributed by atoms with Crippen LogP contribution in [0.4, 0.5) is 5.82 Å². The van der Waals surface area contributed by atoms with Gasteiger partial charge in [0.25, 0.3) is 0 Å². The van der Waals surface area contributed by atoms with Crippen molar-refractivity contribution in [3.63, 3.8) is 0 Å². The van der Waals surface area contributed by atoms with Gasteiger partial charge in [-0.05, 0) is 13.8 Å². The van der Waals surface area contributed by atoms with Crippen molar-refractivity contribution in [2.24, 2.45) is 7.05 Å². The molecule has 2 heterocycles. The van der Waals surface area contributed by atoms with Gasteiger partial charge in [-0.1, -0.05) is 0 Å². The molecule has 0 aliphatic carbocycles. The summed E-state index contributed by atoms with van der Waals surface area (Å²) in [6.07, 6.45) is 3.37. The molecule has 0 saturated carbocycles. The highest BCUT2D eigenvalue weighted by atomic mass is 15.2. The van der Waals surface area contributed by atoms with Gasteiger partial charge in [0.2, 0.25) is 0 Å². The average Bonchev–Trinajstić information content (AvgIpc) is 2.64. The van der Waals surface area contributed by atoms with E-state index in [2.05, 4.69) is 33.7 Å². The van der Waals surface area contributed by atoms with E-state index in [1.165, 1.54) is 0 Å². The average molecular weight is 205 g/mol. The number of hydrogen-bond donors (Lipinski definition) is 0. The van der Waals surface area contributed by atoms with Crippen LogP contribution in [0.3, 0.4) is 0 Å². The van der Waals surface area contributed by atoms with Crippen LogP contribution >= 0.6 is 0 Å². The van der Waals surface area contributed by atoms with Gasteiger partial charge in [-0.3, -0.25) is 0 Å². The summed E-state index contributed by atoms with van der Waals surface area (Å²) in [4.78, 5) is 15.0. The molecule has 5 heteroatoms. The second-order valence-electron chi connectivity index (χ2n) is 3.40. The van der Waals surface area contributed by atoms with Crippen LogP contribution in [-0.2, 0) is 7.05 Å². The van der Waals surface area contributed by atoms with Crippen LogP contribution in [-0.4, -0.2) is 32.6 Å². The maximum atomic E-state index is 4.33. The molecule has 2 rings (SSSR count). The molecule has 2 aromatic rings. The van der Waals surface area contributed by atoms with E-state index in [-0.39, 0.29) is 0 Å². The summed E-state index contributed by atoms with van der Waals surface area (Å²) in [6.45, 7) is 6.08. The fourth-order valence-electron chi connectivity index (χ4n) is 1.69. The summed E-state index contributed by atoms with van der Waals surface area (Å²) in [6, 6.07) is 0. The summed E-state index contributed by atoms with van der Waals surface area (Å²) in [5, 5.41) is 0. The first kappa shape index (κ1) is 9.89. The first-order valence-electron chi connectivity index (χ1n) is 5.14. The van der Waals surface area contributed by atoms with Gasteiger partial charge in [0, 0.05) is 20.1 Å². The van der Waals surface area contributed by atoms with E-state index in [1.54, 1.807) is 12.7 Å². The fraction of sp³-hybridized carbons (Fsp3) is 0.500. The van der Waals surface area contributed by atoms with Gasteiger partial charge in [-0.15, -0.1) is 0 Å². The van der Waals surface area contributed by atoms with Gasteiger partial charge in [-0.25, -0.2) is 15.0 Å². The van der Waals surface area contributed by atoms with Crippen molar-refractivity contribution < 1.29 is 0 Å². The van der Waals surface area contributed by atoms with E-state index in [0.29, 0.717) is 0 Å². The number of hydrogen-bond acceptors (Lipinski definition) is 4. The minimum Gasteiger partial charge on any atom is -0.355 e. The molecule has 0 aliphatic rings. The van der Waals surface area contributed by atoms with Crippen molar-refractivity contribution in [2.75, 3.05) is 18.0 Å². The monoisotopic (exact) mass is 205 g/mol. The maximum Gasteiger partial charge on any atom is 0.165 e. The van der Waals surface area contributed by atoms with E-state index in [9.17, 15) is 0 Å². The third-order valence-electron chi connectivity index (χ3n) is 2.54. The molecule has 0 atom stereocenters. The Kier molecular flexibility index (Phi) is 2.53. The Morgan fingerprint density at radius 1 is 1.20 bits per heavy atom. The van der Waals surface area contributed by atoms with E-state index < -0.39 is 0 Å². The second-order valence-corrected chi connectivity index (χ2v) is 3.40. The lowest BCUT2D eigenvalue weighted by Crippen LogP contribution is -2.23. The molecule has 5 nitrogen and oxygen atoms in total. The summed E-state index contributed by atoms with van der Waals surface area (Å²) in [5.74, 6) is 0.922. The van der Waals surface area contributed by atoms with E-state index in [4.69, 9.17) is 0 Å². The van der Waals surface area contributed by atoms with Crippen LogP contribution in [0.2, 0.25) is 0 Å². The van der Waals surface area contributed by atoms with Crippen LogP contribution in [0.5, 0.6) is 0 Å². The molecule has 0 aliphatic heterocycles. The van der Waals surface area contributed by atoms with Crippen LogP contribution in [0.15, 0.2) is 12.7 Å². The SMILES string of the molecule is CCN(CC)c1ncnc2c1ncn2C. The molecule has 15 heavy (non-hydrogen) atoms. The first-order valence-corrected chi connectivity index (χ1v) is 5.14. The molecule has 0 radical (unpaired) electrons. The number of rotatable bonds is 3. The number of anilines is 1. The Bertz CT molecular complexity index is 458. The molecule has 2 aromatic heterocycles. The third kappa shape index (κ3) is 1.54. The predicted molar refractivity (Wildman–Crippen MR) is 59.9 cm³/mol. The molecule has 0 saturated heterocycles. The molecule has 0 bridgehead atoms. The first-order chi connectivity index (χ1) is 7.27. The zero-order chi connectivity index (χ0) is 10.8. The molecule has 0 amide bonds. The topological polar surface area (TPSA) is 46.8 Å². The number of fused-ring (bicyclic) bond motifs is 1. The highest BCUT2D eigenvalue weighted by Gasteiger charge is 2.12. The van der Waals surface area contributed by atoms with Gasteiger partial charge >= 0.3 is 0 Å². The van der Waals surface area contributed by atoms with Crippen LogP contribution in [0.1, 0.15) is 13.8 Å². The normalized spacial score (nSPS) is 10.9. The zero-order valence-electron chi connectivity index (χ0n) is 9.30. The lowest BCUT2D eigenvalue weighted by molar-refractivity contribution is 0.846. The second kappa shape index (κ2) is 3.84. The summed E-state index contributed by atoms with van der Waals surface area (Å²) in [5.41, 5.74) is 1.76. The van der Waals surface area contributed by atoms with Crippen LogP contribution in [0.25, 0.3) is 11.2 Å². The molecule has 0 unspecified atom stereocenters. The minimum absolute atomic E-state index is 0.878. The lowest BCUT2D eigenvalue weighted by Gasteiger charge is -2.19. The molecule has 0 spiro atoms. The molecule has 0 fully saturated rings. The van der Waals surface area contributed by atoms with Gasteiger partial charge in [0.1, 0.15) is 6.33 Å². The molecule has 80 valence electrons. The van der Waals surface area contributed by atoms with Crippen LogP contribution in [0, 0.1) is 0 Å². The van der Waals surface area contributed by atoms with E-state index >= 15 is 0 Å². The molecular formula is C10H15N5. The summed E-state index contributed by atoms with van der Waals surface area (Å²) in [7, 11) is 1.94. The van der Waals surface area contributed by atoms with Crippen LogP contribution < -0.4 is 4.90 Å². The van der Waals surface area contributed by atoms with Crippen molar-refractivity contribution in [1.29, 1.82) is 0 Å². The quantitative estimate of drug-likeness (QED) is 0.755. The van der Waals surface area contributed by atoms with Gasteiger partial charge in [0.15, 0.2) is 17.0 Å². The molecule has 0 aromatic carbocycles. The Balaban J connectivity index is 2.60. The fourth-order valence-corrected chi connectivity index (χ4v) is 1.69. The van der Waals surface area contributed by atoms with Gasteiger partial charge in [-0.2, -0.15) is 0 Å². The maximum absolute atomic E-state index is 4.33. The van der Waals surface area contributed by atoms with Gasteiger partial charge < -0.3 is 9.47 Å². The standard InChI is InChI=1S/C10H15N5/c1-4-15(5-2)10-8-9(11-6-12-10)14(3)7-13-8/h6-7H,4-5H2,1-3H3. The Morgan fingerprint density at radius 3 is 2.60 bits per heavy atom. The summed E-state index contributed by atoms with van der Waals surface area (Å²) >= 11 is 0. The van der Waals surface area contributed by atoms with Crippen molar-refractivity contribution in [3.05, 3.63) is 12.7 Å². The Hall–Kier alpha value is -1.65. The minimum atomic E-state index is 0.878. The largest absolute Gasteiger partial charge is 0.355 e. The van der Waals surface area contributed by atoms with E-state index in [1.807, 2.05) is 11.6 Å². The van der Waals surface area contributed by atoms with Crippen molar-refractivity contribution in [1.82, 2.24) is 19.5 Å². The molecular weight excluding hydrogens is 190 g/mol. The van der Waals surface area contributed by atoms with E-state index in [0.717, 1.165) is 30.1 Å². The smallest absolute Gasteiger partial charge is 0.165 e. The van der Waals surface area contributed by atoms with Crippen molar-refractivity contribution in [3.8, 4) is 0 Å². The predicted octanol–water partition coefficient (Wildman–Crippen LogP) is 1.21. The third-order valence-corrected chi connectivity index (χ3v) is 2.54. The number of aryl methyl sites for hydroxylation is 1. The Labute approximate surface area is 88.8 Å². The Morgan fingerprint density at radius 2 is 1.93 bits per heavy atom. The zero-order valence-corrected chi connectivity index (χ0v) is 9.30. The van der Waals surface area contributed by atoms with Crippen molar-refractivity contribution in [2.45, 2.75) is 13.8 Å². The number of nitrogens with zero attached hydrogens (tertiary/aromatic N) is 5. The number of imidazole rings is 1. The van der Waals surface area contributed by atoms with Crippen molar-refractivity contribution >= 4 is 17.0 Å². The summed E-state index contributed by atoms with van der Waals surface area (Å²) < 4.78 is 1.91. The number of aromatic nitrogens is 4. The lowest BCUT2D eigenvalue weighted by atomic mass is 10.4.